The van der Waals surface area contributed by atoms with Gasteiger partial charge >= 0.3 is 0 Å². The fourth-order valence-corrected chi connectivity index (χ4v) is 5.70. The lowest BCUT2D eigenvalue weighted by Gasteiger charge is -2.29. The Labute approximate surface area is 250 Å². The molecule has 4 rings (SSSR count). The molecule has 0 spiro atoms. The molecule has 0 saturated heterocycles. The molecule has 1 heterocycles. The molecule has 1 aromatic carbocycles. The van der Waals surface area contributed by atoms with Crippen molar-refractivity contribution in [2.45, 2.75) is 77.7 Å². The van der Waals surface area contributed by atoms with E-state index in [2.05, 4.69) is 81.3 Å². The van der Waals surface area contributed by atoms with Gasteiger partial charge in [-0.2, -0.15) is 0 Å². The summed E-state index contributed by atoms with van der Waals surface area (Å²) in [4.78, 5) is 25.9. The van der Waals surface area contributed by atoms with Crippen molar-refractivity contribution in [3.05, 3.63) is 60.0 Å². The molecule has 0 radical (unpaired) electrons. The molecule has 226 valence electrons. The molecule has 8 nitrogen and oxygen atoms in total. The van der Waals surface area contributed by atoms with E-state index in [0.29, 0.717) is 17.9 Å². The summed E-state index contributed by atoms with van der Waals surface area (Å²) in [7, 11) is 5.47. The number of fused-ring (bicyclic) bond motifs is 1. The summed E-state index contributed by atoms with van der Waals surface area (Å²) in [5.74, 6) is 1.97. The van der Waals surface area contributed by atoms with Gasteiger partial charge in [-0.3, -0.25) is 9.59 Å². The maximum Gasteiger partial charge on any atom is 0.290 e. The van der Waals surface area contributed by atoms with E-state index in [1.807, 2.05) is 6.92 Å². The molecular formula is C32H48N4O4S. The van der Waals surface area contributed by atoms with Crippen LogP contribution in [-0.2, 0) is 20.8 Å². The molecule has 1 amide bonds. The SMILES string of the molecule is CNSOC.C\C=C/C(=C\C=C\C1CCCC(C(=O)NC2CCCCC2)C1)c1ccc2c(c1)nc(C)n2C.O=CO. The first-order valence-corrected chi connectivity index (χ1v) is 15.3. The first kappa shape index (κ1) is 34.3. The van der Waals surface area contributed by atoms with Gasteiger partial charge in [0.15, 0.2) is 0 Å². The first-order valence-electron chi connectivity index (χ1n) is 14.6. The zero-order valence-electron chi connectivity index (χ0n) is 25.3. The van der Waals surface area contributed by atoms with Crippen LogP contribution in [0.4, 0.5) is 0 Å². The first-order chi connectivity index (χ1) is 19.9. The number of aromatic nitrogens is 2. The minimum atomic E-state index is -0.250. The second kappa shape index (κ2) is 19.3. The van der Waals surface area contributed by atoms with Crippen molar-refractivity contribution in [2.24, 2.45) is 18.9 Å². The largest absolute Gasteiger partial charge is 0.483 e. The summed E-state index contributed by atoms with van der Waals surface area (Å²) < 4.78 is 9.34. The van der Waals surface area contributed by atoms with E-state index in [1.165, 1.54) is 49.0 Å². The minimum Gasteiger partial charge on any atom is -0.483 e. The van der Waals surface area contributed by atoms with Crippen molar-refractivity contribution in [3.8, 4) is 0 Å². The van der Waals surface area contributed by atoms with Gasteiger partial charge in [-0.05, 0) is 82.2 Å². The van der Waals surface area contributed by atoms with Gasteiger partial charge in [0.25, 0.3) is 6.47 Å². The van der Waals surface area contributed by atoms with E-state index < -0.39 is 0 Å². The Hall–Kier alpha value is -2.88. The predicted octanol–water partition coefficient (Wildman–Crippen LogP) is 6.77. The summed E-state index contributed by atoms with van der Waals surface area (Å²) >= 11 is 1.21. The van der Waals surface area contributed by atoms with Gasteiger partial charge < -0.3 is 19.2 Å². The highest BCUT2D eigenvalue weighted by atomic mass is 32.2. The molecule has 3 N–H and O–H groups in total. The van der Waals surface area contributed by atoms with E-state index in [9.17, 15) is 4.79 Å². The number of carbonyl (C=O) groups is 2. The standard InChI is InChI=1S/C29H39N3O.C2H7NOS.CH2O2/c1-4-10-23(24-17-18-28-27(20-24)30-21(2)32(28)3)13-8-11-22-12-9-14-25(19-22)29(33)31-26-15-6-5-7-16-26;1-3-5-4-2;2-1-3/h4,8,10-11,13,17-18,20,22,25-26H,5-7,9,12,14-16,19H2,1-3H3,(H,31,33);3H,1-2H3;1H,(H,2,3)/b10-4-,11-8+,23-13+;;. The monoisotopic (exact) mass is 584 g/mol. The second-order valence-corrected chi connectivity index (χ2v) is 11.4. The van der Waals surface area contributed by atoms with Gasteiger partial charge in [-0.25, -0.2) is 9.71 Å². The Morgan fingerprint density at radius 3 is 2.54 bits per heavy atom. The van der Waals surface area contributed by atoms with Crippen LogP contribution in [0.3, 0.4) is 0 Å². The van der Waals surface area contributed by atoms with Crippen LogP contribution < -0.4 is 10.0 Å². The molecule has 2 aromatic rings. The number of nitrogens with zero attached hydrogens (tertiary/aromatic N) is 2. The zero-order valence-corrected chi connectivity index (χ0v) is 26.1. The molecule has 2 aliphatic rings. The van der Waals surface area contributed by atoms with Gasteiger partial charge in [0.2, 0.25) is 5.91 Å². The molecule has 2 unspecified atom stereocenters. The van der Waals surface area contributed by atoms with Crippen molar-refractivity contribution in [1.29, 1.82) is 0 Å². The Bertz CT molecular complexity index is 1170. The molecule has 1 aromatic heterocycles. The summed E-state index contributed by atoms with van der Waals surface area (Å²) in [5.41, 5.74) is 4.55. The Kier molecular flexibility index (Phi) is 16.1. The number of benzene rings is 1. The predicted molar refractivity (Wildman–Crippen MR) is 170 cm³/mol. The van der Waals surface area contributed by atoms with Gasteiger partial charge in [0.1, 0.15) is 5.82 Å². The van der Waals surface area contributed by atoms with Gasteiger partial charge in [-0.1, -0.05) is 62.1 Å². The molecular weight excluding hydrogens is 536 g/mol. The van der Waals surface area contributed by atoms with Crippen molar-refractivity contribution in [2.75, 3.05) is 14.2 Å². The third kappa shape index (κ3) is 11.5. The average Bonchev–Trinajstić information content (AvgIpc) is 3.26. The maximum absolute atomic E-state index is 12.8. The number of allylic oxidation sites excluding steroid dienone is 6. The van der Waals surface area contributed by atoms with Crippen LogP contribution in [0.1, 0.15) is 76.1 Å². The summed E-state index contributed by atoms with van der Waals surface area (Å²) in [6.45, 7) is 3.84. The van der Waals surface area contributed by atoms with Crippen LogP contribution in [0.15, 0.2) is 48.6 Å². The van der Waals surface area contributed by atoms with Gasteiger partial charge in [-0.15, -0.1) is 0 Å². The molecule has 2 fully saturated rings. The van der Waals surface area contributed by atoms with E-state index in [0.717, 1.165) is 49.0 Å². The van der Waals surface area contributed by atoms with E-state index in [4.69, 9.17) is 14.9 Å². The van der Waals surface area contributed by atoms with Crippen LogP contribution in [0.2, 0.25) is 0 Å². The molecule has 2 aliphatic carbocycles. The third-order valence-electron chi connectivity index (χ3n) is 7.65. The smallest absolute Gasteiger partial charge is 0.290 e. The Morgan fingerprint density at radius 1 is 1.17 bits per heavy atom. The van der Waals surface area contributed by atoms with Gasteiger partial charge in [0, 0.05) is 19.0 Å². The number of rotatable bonds is 8. The van der Waals surface area contributed by atoms with Crippen molar-refractivity contribution in [3.63, 3.8) is 0 Å². The molecule has 2 atom stereocenters. The summed E-state index contributed by atoms with van der Waals surface area (Å²) in [6.07, 6.45) is 21.4. The maximum atomic E-state index is 12.8. The lowest BCUT2D eigenvalue weighted by molar-refractivity contribution is -0.127. The topological polar surface area (TPSA) is 105 Å². The molecule has 0 aliphatic heterocycles. The lowest BCUT2D eigenvalue weighted by Crippen LogP contribution is -2.41. The fraction of sp³-hybridized carbons (Fsp3) is 0.531. The quantitative estimate of drug-likeness (QED) is 0.136. The van der Waals surface area contributed by atoms with Crippen molar-refractivity contribution in [1.82, 2.24) is 19.6 Å². The van der Waals surface area contributed by atoms with Crippen LogP contribution in [0.5, 0.6) is 0 Å². The number of amides is 1. The highest BCUT2D eigenvalue weighted by Gasteiger charge is 2.27. The molecule has 41 heavy (non-hydrogen) atoms. The van der Waals surface area contributed by atoms with Crippen LogP contribution in [-0.4, -0.2) is 47.2 Å². The summed E-state index contributed by atoms with van der Waals surface area (Å²) in [6, 6.07) is 6.92. The molecule has 0 bridgehead atoms. The van der Waals surface area contributed by atoms with Gasteiger partial charge in [0.05, 0.1) is 30.4 Å². The highest BCUT2D eigenvalue weighted by Crippen LogP contribution is 2.31. The third-order valence-corrected chi connectivity index (χ3v) is 7.98. The Balaban J connectivity index is 0.000000653. The number of carboxylic acid groups (broad SMARTS) is 1. The lowest BCUT2D eigenvalue weighted by atomic mass is 9.80. The average molecular weight is 585 g/mol. The fourth-order valence-electron chi connectivity index (χ4n) is 5.53. The molecule has 2 saturated carbocycles. The number of imidazole rings is 1. The van der Waals surface area contributed by atoms with E-state index in [-0.39, 0.29) is 12.4 Å². The van der Waals surface area contributed by atoms with Crippen LogP contribution >= 0.6 is 12.2 Å². The van der Waals surface area contributed by atoms with E-state index in [1.54, 1.807) is 14.2 Å². The molecule has 9 heteroatoms. The minimum absolute atomic E-state index is 0.170. The van der Waals surface area contributed by atoms with Crippen LogP contribution in [0, 0.1) is 18.8 Å². The number of hydrogen-bond donors (Lipinski definition) is 3. The normalized spacial score (nSPS) is 19.9. The number of aryl methyl sites for hydroxylation is 2. The van der Waals surface area contributed by atoms with Crippen molar-refractivity contribution >= 4 is 41.2 Å². The number of carbonyl (C=O) groups excluding carboxylic acids is 1. The number of hydrogen-bond acceptors (Lipinski definition) is 6. The number of nitrogens with one attached hydrogen (secondary N) is 2. The summed E-state index contributed by atoms with van der Waals surface area (Å²) in [5, 5.41) is 10.2. The van der Waals surface area contributed by atoms with E-state index >= 15 is 0 Å². The second-order valence-electron chi connectivity index (χ2n) is 10.5. The highest BCUT2D eigenvalue weighted by molar-refractivity contribution is 7.92. The van der Waals surface area contributed by atoms with Crippen LogP contribution in [0.25, 0.3) is 16.6 Å². The zero-order chi connectivity index (χ0) is 30.0. The van der Waals surface area contributed by atoms with Crippen molar-refractivity contribution < 1.29 is 18.9 Å². The Morgan fingerprint density at radius 2 is 1.90 bits per heavy atom.